The predicted molar refractivity (Wildman–Crippen MR) is 114 cm³/mol. The van der Waals surface area contributed by atoms with Gasteiger partial charge in [-0.3, -0.25) is 4.98 Å². The van der Waals surface area contributed by atoms with E-state index in [0.29, 0.717) is 12.5 Å². The molecule has 0 spiro atoms. The molecular formula is C21H24N6OS. The quantitative estimate of drug-likeness (QED) is 0.644. The summed E-state index contributed by atoms with van der Waals surface area (Å²) >= 11 is 1.64. The Labute approximate surface area is 174 Å². The zero-order valence-electron chi connectivity index (χ0n) is 16.5. The Morgan fingerprint density at radius 3 is 2.93 bits per heavy atom. The second-order valence-corrected chi connectivity index (χ2v) is 8.53. The highest BCUT2D eigenvalue weighted by Crippen LogP contribution is 2.34. The molecule has 8 heteroatoms. The Hall–Kier alpha value is -2.87. The molecule has 1 fully saturated rings. The summed E-state index contributed by atoms with van der Waals surface area (Å²) in [4.78, 5) is 19.0. The van der Waals surface area contributed by atoms with Gasteiger partial charge in [0.15, 0.2) is 5.16 Å². The maximum Gasteiger partial charge on any atom is 0.321 e. The normalized spacial score (nSPS) is 17.3. The number of nitrogens with zero attached hydrogens (tertiary/aromatic N) is 5. The van der Waals surface area contributed by atoms with E-state index in [2.05, 4.69) is 33.5 Å². The van der Waals surface area contributed by atoms with Crippen LogP contribution < -0.4 is 5.32 Å². The number of carbonyl (C=O) groups excluding carboxylic acids is 1. The largest absolute Gasteiger partial charge is 0.324 e. The molecular weight excluding hydrogens is 384 g/mol. The van der Waals surface area contributed by atoms with Crippen molar-refractivity contribution in [1.29, 1.82) is 0 Å². The van der Waals surface area contributed by atoms with Gasteiger partial charge in [0, 0.05) is 48.9 Å². The third-order valence-electron chi connectivity index (χ3n) is 5.14. The lowest BCUT2D eigenvalue weighted by Crippen LogP contribution is -2.32. The molecule has 1 saturated heterocycles. The van der Waals surface area contributed by atoms with Crippen LogP contribution in [0.1, 0.15) is 35.8 Å². The first-order valence-electron chi connectivity index (χ1n) is 9.67. The molecule has 4 rings (SSSR count). The van der Waals surface area contributed by atoms with Gasteiger partial charge in [0.1, 0.15) is 6.33 Å². The number of likely N-dealkylation sites (tertiary alicyclic amines) is 1. The number of aromatic nitrogens is 4. The SMILES string of the molecule is C[C@H](Sc1nncn1C)c1cccc(NC(=O)N2CCC(c3ccccn3)C2)c1. The van der Waals surface area contributed by atoms with Crippen molar-refractivity contribution in [1.82, 2.24) is 24.6 Å². The monoisotopic (exact) mass is 408 g/mol. The fourth-order valence-corrected chi connectivity index (χ4v) is 4.39. The van der Waals surface area contributed by atoms with Gasteiger partial charge in [0.25, 0.3) is 0 Å². The topological polar surface area (TPSA) is 75.9 Å². The van der Waals surface area contributed by atoms with E-state index >= 15 is 0 Å². The maximum absolute atomic E-state index is 12.7. The summed E-state index contributed by atoms with van der Waals surface area (Å²) < 4.78 is 1.90. The number of carbonyl (C=O) groups is 1. The molecule has 150 valence electrons. The second kappa shape index (κ2) is 8.65. The van der Waals surface area contributed by atoms with E-state index in [9.17, 15) is 4.79 Å². The molecule has 2 aromatic heterocycles. The van der Waals surface area contributed by atoms with Gasteiger partial charge < -0.3 is 14.8 Å². The number of aryl methyl sites for hydroxylation is 1. The highest BCUT2D eigenvalue weighted by atomic mass is 32.2. The number of rotatable bonds is 5. The van der Waals surface area contributed by atoms with Crippen molar-refractivity contribution < 1.29 is 4.79 Å². The van der Waals surface area contributed by atoms with Gasteiger partial charge >= 0.3 is 6.03 Å². The molecule has 1 unspecified atom stereocenters. The minimum Gasteiger partial charge on any atom is -0.324 e. The Balaban J connectivity index is 1.38. The van der Waals surface area contributed by atoms with Crippen molar-refractivity contribution in [2.45, 2.75) is 29.7 Å². The van der Waals surface area contributed by atoms with Gasteiger partial charge in [0.2, 0.25) is 0 Å². The molecule has 0 radical (unpaired) electrons. The van der Waals surface area contributed by atoms with E-state index in [-0.39, 0.29) is 11.3 Å². The standard InChI is InChI=1S/C21H24N6OS/c1-15(29-21-25-23-14-26(21)2)16-6-5-7-18(12-16)24-20(28)27-11-9-17(13-27)19-8-3-4-10-22-19/h3-8,10,12,14-15,17H,9,11,13H2,1-2H3,(H,24,28)/t15-,17?/m0/s1. The van der Waals surface area contributed by atoms with Crippen LogP contribution >= 0.6 is 11.8 Å². The summed E-state index contributed by atoms with van der Waals surface area (Å²) in [5.74, 6) is 0.302. The Morgan fingerprint density at radius 2 is 2.17 bits per heavy atom. The van der Waals surface area contributed by atoms with E-state index in [1.165, 1.54) is 0 Å². The summed E-state index contributed by atoms with van der Waals surface area (Å²) in [6.07, 6.45) is 4.44. The van der Waals surface area contributed by atoms with Crippen LogP contribution in [-0.2, 0) is 7.05 Å². The van der Waals surface area contributed by atoms with Gasteiger partial charge in [-0.25, -0.2) is 4.79 Å². The average molecular weight is 409 g/mol. The van der Waals surface area contributed by atoms with Gasteiger partial charge in [0.05, 0.1) is 0 Å². The Kier molecular flexibility index (Phi) is 5.80. The number of hydrogen-bond donors (Lipinski definition) is 1. The average Bonchev–Trinajstić information content (AvgIpc) is 3.39. The fourth-order valence-electron chi connectivity index (χ4n) is 3.48. The molecule has 0 saturated carbocycles. The summed E-state index contributed by atoms with van der Waals surface area (Å²) in [7, 11) is 1.93. The molecule has 1 N–H and O–H groups in total. The third kappa shape index (κ3) is 4.59. The molecule has 7 nitrogen and oxygen atoms in total. The van der Waals surface area contributed by atoms with Crippen LogP contribution in [0.5, 0.6) is 0 Å². The number of urea groups is 1. The first-order chi connectivity index (χ1) is 14.1. The van der Waals surface area contributed by atoms with Crippen LogP contribution in [0.4, 0.5) is 10.5 Å². The smallest absolute Gasteiger partial charge is 0.321 e. The molecule has 29 heavy (non-hydrogen) atoms. The number of thioether (sulfide) groups is 1. The first kappa shape index (κ1) is 19.4. The summed E-state index contributed by atoms with van der Waals surface area (Å²) in [6, 6.07) is 13.9. The molecule has 2 atom stereocenters. The lowest BCUT2D eigenvalue weighted by atomic mass is 10.0. The molecule has 0 aliphatic carbocycles. The van der Waals surface area contributed by atoms with E-state index in [1.807, 2.05) is 59.1 Å². The van der Waals surface area contributed by atoms with Gasteiger partial charge in [-0.2, -0.15) is 0 Å². The van der Waals surface area contributed by atoms with Crippen molar-refractivity contribution in [3.63, 3.8) is 0 Å². The van der Waals surface area contributed by atoms with Crippen LogP contribution in [-0.4, -0.2) is 43.8 Å². The Morgan fingerprint density at radius 1 is 1.28 bits per heavy atom. The molecule has 2 amide bonds. The summed E-state index contributed by atoms with van der Waals surface area (Å²) in [6.45, 7) is 3.56. The van der Waals surface area contributed by atoms with E-state index in [4.69, 9.17) is 0 Å². The molecule has 3 heterocycles. The van der Waals surface area contributed by atoms with Crippen molar-refractivity contribution >= 4 is 23.5 Å². The highest BCUT2D eigenvalue weighted by molar-refractivity contribution is 7.99. The van der Waals surface area contributed by atoms with Crippen molar-refractivity contribution in [3.8, 4) is 0 Å². The van der Waals surface area contributed by atoms with Gasteiger partial charge in [-0.15, -0.1) is 10.2 Å². The molecule has 1 aromatic carbocycles. The maximum atomic E-state index is 12.7. The lowest BCUT2D eigenvalue weighted by Gasteiger charge is -2.18. The van der Waals surface area contributed by atoms with E-state index in [0.717, 1.165) is 35.1 Å². The van der Waals surface area contributed by atoms with E-state index in [1.54, 1.807) is 18.1 Å². The van der Waals surface area contributed by atoms with Crippen molar-refractivity contribution in [2.75, 3.05) is 18.4 Å². The summed E-state index contributed by atoms with van der Waals surface area (Å²) in [5.41, 5.74) is 2.99. The minimum atomic E-state index is -0.0609. The van der Waals surface area contributed by atoms with Gasteiger partial charge in [-0.05, 0) is 43.2 Å². The Bertz CT molecular complexity index is 976. The van der Waals surface area contributed by atoms with E-state index < -0.39 is 0 Å². The highest BCUT2D eigenvalue weighted by Gasteiger charge is 2.28. The fraction of sp³-hybridized carbons (Fsp3) is 0.333. The number of anilines is 1. The van der Waals surface area contributed by atoms with Gasteiger partial charge in [-0.1, -0.05) is 30.0 Å². The lowest BCUT2D eigenvalue weighted by molar-refractivity contribution is 0.222. The molecule has 1 aliphatic rings. The van der Waals surface area contributed by atoms with Crippen molar-refractivity contribution in [3.05, 3.63) is 66.2 Å². The van der Waals surface area contributed by atoms with Crippen LogP contribution in [0.25, 0.3) is 0 Å². The zero-order valence-corrected chi connectivity index (χ0v) is 17.3. The molecule has 3 aromatic rings. The number of pyridine rings is 1. The number of hydrogen-bond acceptors (Lipinski definition) is 5. The molecule has 0 bridgehead atoms. The van der Waals surface area contributed by atoms with Crippen LogP contribution in [0.2, 0.25) is 0 Å². The zero-order chi connectivity index (χ0) is 20.2. The van der Waals surface area contributed by atoms with Crippen LogP contribution in [0.15, 0.2) is 60.1 Å². The van der Waals surface area contributed by atoms with Crippen LogP contribution in [0.3, 0.4) is 0 Å². The number of amides is 2. The minimum absolute atomic E-state index is 0.0609. The van der Waals surface area contributed by atoms with Crippen molar-refractivity contribution in [2.24, 2.45) is 7.05 Å². The molecule has 1 aliphatic heterocycles. The number of benzene rings is 1. The first-order valence-corrected chi connectivity index (χ1v) is 10.6. The summed E-state index contributed by atoms with van der Waals surface area (Å²) in [5, 5.41) is 12.2. The number of nitrogens with one attached hydrogen (secondary N) is 1. The predicted octanol–water partition coefficient (Wildman–Crippen LogP) is 4.08. The second-order valence-electron chi connectivity index (χ2n) is 7.23. The third-order valence-corrected chi connectivity index (χ3v) is 6.35. The van der Waals surface area contributed by atoms with Crippen LogP contribution in [0, 0.1) is 0 Å².